The van der Waals surface area contributed by atoms with Crippen molar-refractivity contribution in [3.63, 3.8) is 0 Å². The molecule has 1 fully saturated rings. The Balaban J connectivity index is 1.64. The Morgan fingerprint density at radius 2 is 1.79 bits per heavy atom. The molecule has 2 heterocycles. The average Bonchev–Trinajstić information content (AvgIpc) is 2.98. The SMILES string of the molecule is Cc1noc(C)c1CCC(=O)Nc1ccc(S(=O)(=O)N2C(C)CCCC2C)cc1. The third-order valence-electron chi connectivity index (χ3n) is 5.61. The Hall–Kier alpha value is -2.19. The molecule has 1 saturated heterocycles. The number of nitrogens with one attached hydrogen (secondary N) is 1. The van der Waals surface area contributed by atoms with E-state index in [1.807, 2.05) is 27.7 Å². The van der Waals surface area contributed by atoms with Crippen molar-refractivity contribution in [2.75, 3.05) is 5.32 Å². The largest absolute Gasteiger partial charge is 0.361 e. The molecule has 1 aromatic heterocycles. The van der Waals surface area contributed by atoms with Crippen LogP contribution in [0.1, 0.15) is 56.5 Å². The van der Waals surface area contributed by atoms with Gasteiger partial charge in [0.1, 0.15) is 5.76 Å². The Morgan fingerprint density at radius 1 is 1.17 bits per heavy atom. The molecule has 0 radical (unpaired) electrons. The standard InChI is InChI=1S/C21H29N3O4S/c1-14-6-5-7-15(2)24(14)29(26,27)19-10-8-18(9-11-19)22-21(25)13-12-20-16(3)23-28-17(20)4/h8-11,14-15H,5-7,12-13H2,1-4H3,(H,22,25). The minimum atomic E-state index is -3.55. The molecule has 8 heteroatoms. The molecule has 0 aliphatic carbocycles. The van der Waals surface area contributed by atoms with Crippen LogP contribution in [-0.2, 0) is 21.2 Å². The summed E-state index contributed by atoms with van der Waals surface area (Å²) < 4.78 is 32.9. The van der Waals surface area contributed by atoms with Gasteiger partial charge in [-0.25, -0.2) is 8.42 Å². The van der Waals surface area contributed by atoms with Crippen LogP contribution in [0.15, 0.2) is 33.7 Å². The molecule has 2 unspecified atom stereocenters. The van der Waals surface area contributed by atoms with Crippen molar-refractivity contribution in [1.29, 1.82) is 0 Å². The topological polar surface area (TPSA) is 92.5 Å². The maximum absolute atomic E-state index is 13.1. The summed E-state index contributed by atoms with van der Waals surface area (Å²) in [6.07, 6.45) is 3.65. The fourth-order valence-corrected chi connectivity index (χ4v) is 5.91. The zero-order chi connectivity index (χ0) is 21.2. The van der Waals surface area contributed by atoms with Gasteiger partial charge in [-0.1, -0.05) is 11.6 Å². The van der Waals surface area contributed by atoms with Crippen LogP contribution >= 0.6 is 0 Å². The number of sulfonamides is 1. The van der Waals surface area contributed by atoms with Crippen LogP contribution in [-0.4, -0.2) is 35.9 Å². The molecular weight excluding hydrogens is 390 g/mol. The number of amides is 1. The average molecular weight is 420 g/mol. The number of carbonyl (C=O) groups excluding carboxylic acids is 1. The van der Waals surface area contributed by atoms with Crippen LogP contribution in [0.5, 0.6) is 0 Å². The van der Waals surface area contributed by atoms with E-state index in [4.69, 9.17) is 4.52 Å². The molecule has 2 atom stereocenters. The van der Waals surface area contributed by atoms with Gasteiger partial charge >= 0.3 is 0 Å². The molecule has 0 bridgehead atoms. The lowest BCUT2D eigenvalue weighted by Gasteiger charge is -2.37. The van der Waals surface area contributed by atoms with Gasteiger partial charge < -0.3 is 9.84 Å². The van der Waals surface area contributed by atoms with Crippen LogP contribution in [0.3, 0.4) is 0 Å². The number of hydrogen-bond acceptors (Lipinski definition) is 5. The van der Waals surface area contributed by atoms with Crippen molar-refractivity contribution >= 4 is 21.6 Å². The quantitative estimate of drug-likeness (QED) is 0.768. The lowest BCUT2D eigenvalue weighted by Crippen LogP contribution is -2.47. The highest BCUT2D eigenvalue weighted by Crippen LogP contribution is 2.30. The highest BCUT2D eigenvalue weighted by atomic mass is 32.2. The minimum absolute atomic E-state index is 0.00699. The predicted octanol–water partition coefficient (Wildman–Crippen LogP) is 3.81. The Morgan fingerprint density at radius 3 is 2.34 bits per heavy atom. The molecule has 7 nitrogen and oxygen atoms in total. The van der Waals surface area contributed by atoms with E-state index in [1.54, 1.807) is 28.6 Å². The molecule has 2 aromatic rings. The van der Waals surface area contributed by atoms with Crippen LogP contribution in [0, 0.1) is 13.8 Å². The first kappa shape index (κ1) is 21.5. The summed E-state index contributed by atoms with van der Waals surface area (Å²) >= 11 is 0. The number of rotatable bonds is 6. The number of hydrogen-bond donors (Lipinski definition) is 1. The first-order valence-corrected chi connectivity index (χ1v) is 11.5. The smallest absolute Gasteiger partial charge is 0.243 e. The second-order valence-corrected chi connectivity index (χ2v) is 9.68. The first-order chi connectivity index (χ1) is 13.7. The van der Waals surface area contributed by atoms with Crippen LogP contribution in [0.4, 0.5) is 5.69 Å². The second-order valence-electron chi connectivity index (χ2n) is 7.84. The molecule has 1 aliphatic rings. The van der Waals surface area contributed by atoms with Gasteiger partial charge in [-0.3, -0.25) is 4.79 Å². The first-order valence-electron chi connectivity index (χ1n) is 10.1. The molecule has 1 N–H and O–H groups in total. The van der Waals surface area contributed by atoms with Gasteiger partial charge in [0.15, 0.2) is 0 Å². The summed E-state index contributed by atoms with van der Waals surface area (Å²) in [5.41, 5.74) is 2.32. The fourth-order valence-electron chi connectivity index (χ4n) is 4.02. The van der Waals surface area contributed by atoms with Gasteiger partial charge in [-0.2, -0.15) is 4.31 Å². The number of anilines is 1. The zero-order valence-electron chi connectivity index (χ0n) is 17.4. The van der Waals surface area contributed by atoms with Crippen molar-refractivity contribution < 1.29 is 17.7 Å². The van der Waals surface area contributed by atoms with Crippen LogP contribution in [0.25, 0.3) is 0 Å². The number of carbonyl (C=O) groups is 1. The van der Waals surface area contributed by atoms with Crippen LogP contribution < -0.4 is 5.32 Å². The van der Waals surface area contributed by atoms with Crippen molar-refractivity contribution in [2.45, 2.75) is 76.8 Å². The Kier molecular flexibility index (Phi) is 6.43. The molecule has 29 heavy (non-hydrogen) atoms. The number of piperidine rings is 1. The van der Waals surface area contributed by atoms with E-state index < -0.39 is 10.0 Å². The maximum Gasteiger partial charge on any atom is 0.243 e. The number of nitrogens with zero attached hydrogens (tertiary/aromatic N) is 2. The predicted molar refractivity (Wildman–Crippen MR) is 111 cm³/mol. The maximum atomic E-state index is 13.1. The molecule has 158 valence electrons. The number of aromatic nitrogens is 1. The number of benzene rings is 1. The summed E-state index contributed by atoms with van der Waals surface area (Å²) in [6, 6.07) is 6.39. The molecule has 0 spiro atoms. The van der Waals surface area contributed by atoms with E-state index in [2.05, 4.69) is 10.5 Å². The highest BCUT2D eigenvalue weighted by Gasteiger charge is 2.35. The van der Waals surface area contributed by atoms with Gasteiger partial charge in [0.25, 0.3) is 0 Å². The highest BCUT2D eigenvalue weighted by molar-refractivity contribution is 7.89. The summed E-state index contributed by atoms with van der Waals surface area (Å²) in [4.78, 5) is 12.5. The van der Waals surface area contributed by atoms with E-state index >= 15 is 0 Å². The normalized spacial score (nSPS) is 20.6. The lowest BCUT2D eigenvalue weighted by atomic mass is 10.0. The number of aryl methyl sites for hydroxylation is 2. The third-order valence-corrected chi connectivity index (χ3v) is 7.75. The van der Waals surface area contributed by atoms with Gasteiger partial charge in [0, 0.05) is 29.8 Å². The molecule has 1 amide bonds. The molecule has 3 rings (SSSR count). The van der Waals surface area contributed by atoms with E-state index in [0.29, 0.717) is 18.5 Å². The van der Waals surface area contributed by atoms with Crippen molar-refractivity contribution in [3.05, 3.63) is 41.3 Å². The molecule has 1 aliphatic heterocycles. The second kappa shape index (κ2) is 8.67. The summed E-state index contributed by atoms with van der Waals surface area (Å²) in [6.45, 7) is 7.60. The van der Waals surface area contributed by atoms with Gasteiger partial charge in [0.2, 0.25) is 15.9 Å². The Labute approximate surface area is 172 Å². The van der Waals surface area contributed by atoms with E-state index in [1.165, 1.54) is 0 Å². The third kappa shape index (κ3) is 4.70. The monoisotopic (exact) mass is 419 g/mol. The van der Waals surface area contributed by atoms with Crippen molar-refractivity contribution in [2.24, 2.45) is 0 Å². The van der Waals surface area contributed by atoms with Crippen LogP contribution in [0.2, 0.25) is 0 Å². The summed E-state index contributed by atoms with van der Waals surface area (Å²) in [7, 11) is -3.55. The van der Waals surface area contributed by atoms with E-state index in [-0.39, 0.29) is 22.9 Å². The fraction of sp³-hybridized carbons (Fsp3) is 0.524. The van der Waals surface area contributed by atoms with Gasteiger partial charge in [0.05, 0.1) is 10.6 Å². The summed E-state index contributed by atoms with van der Waals surface area (Å²) in [5, 5.41) is 6.71. The zero-order valence-corrected chi connectivity index (χ0v) is 18.3. The van der Waals surface area contributed by atoms with Crippen molar-refractivity contribution in [3.8, 4) is 0 Å². The van der Waals surface area contributed by atoms with Gasteiger partial charge in [-0.15, -0.1) is 0 Å². The van der Waals surface area contributed by atoms with Gasteiger partial charge in [-0.05, 0) is 71.2 Å². The molecular formula is C21H29N3O4S. The summed E-state index contributed by atoms with van der Waals surface area (Å²) in [5.74, 6) is 0.588. The molecule has 1 aromatic carbocycles. The minimum Gasteiger partial charge on any atom is -0.361 e. The molecule has 0 saturated carbocycles. The lowest BCUT2D eigenvalue weighted by molar-refractivity contribution is -0.116. The Bertz CT molecular complexity index is 937. The van der Waals surface area contributed by atoms with Crippen molar-refractivity contribution in [1.82, 2.24) is 9.46 Å². The van der Waals surface area contributed by atoms with E-state index in [9.17, 15) is 13.2 Å². The van der Waals surface area contributed by atoms with E-state index in [0.717, 1.165) is 36.3 Å².